The van der Waals surface area contributed by atoms with Gasteiger partial charge in [-0.3, -0.25) is 9.69 Å². The van der Waals surface area contributed by atoms with Crippen LogP contribution in [-0.4, -0.2) is 40.9 Å². The van der Waals surface area contributed by atoms with E-state index in [0.717, 1.165) is 4.90 Å². The van der Waals surface area contributed by atoms with Crippen molar-refractivity contribution in [1.82, 2.24) is 14.8 Å². The van der Waals surface area contributed by atoms with Crippen LogP contribution >= 0.6 is 0 Å². The fourth-order valence-corrected chi connectivity index (χ4v) is 2.22. The quantitative estimate of drug-likeness (QED) is 0.671. The Balaban J connectivity index is 2.27. The molecule has 17 heavy (non-hydrogen) atoms. The molecule has 94 valence electrons. The molecular weight excluding hydrogens is 253 g/mol. The van der Waals surface area contributed by atoms with Crippen LogP contribution in [0.2, 0.25) is 0 Å². The molecule has 1 fully saturated rings. The molecule has 1 aliphatic heterocycles. The topological polar surface area (TPSA) is 111 Å². The van der Waals surface area contributed by atoms with Crippen LogP contribution in [0.5, 0.6) is 0 Å². The fraction of sp³-hybridized carbons (Fsp3) is 0.571. The van der Waals surface area contributed by atoms with Crippen molar-refractivity contribution in [2.24, 2.45) is 7.05 Å². The molecule has 1 unspecified atom stereocenters. The molecule has 2 N–H and O–H groups in total. The van der Waals surface area contributed by atoms with Crippen LogP contribution in [0, 0.1) is 0 Å². The van der Waals surface area contributed by atoms with Crippen molar-refractivity contribution in [3.63, 3.8) is 0 Å². The predicted molar refractivity (Wildman–Crippen MR) is 56.2 cm³/mol. The second kappa shape index (κ2) is 3.65. The number of amides is 1. The zero-order valence-electron chi connectivity index (χ0n) is 8.87. The second-order valence-corrected chi connectivity index (χ2v) is 5.32. The molecular formula is C7H10FN5O3S. The molecule has 0 aromatic carbocycles. The average Bonchev–Trinajstić information content (AvgIpc) is 2.71. The summed E-state index contributed by atoms with van der Waals surface area (Å²) in [5.41, 5.74) is 5.43. The number of carbonyl (C=O) groups excluding carboxylic acids is 1. The van der Waals surface area contributed by atoms with E-state index in [1.807, 2.05) is 0 Å². The normalized spacial score (nSPS) is 21.2. The number of carbonyl (C=O) groups is 1. The first-order chi connectivity index (χ1) is 7.79. The van der Waals surface area contributed by atoms with Crippen molar-refractivity contribution in [1.29, 1.82) is 0 Å². The lowest BCUT2D eigenvalue weighted by molar-refractivity contribution is -0.117. The molecule has 0 aliphatic carbocycles. The molecule has 2 heterocycles. The van der Waals surface area contributed by atoms with E-state index in [0.29, 0.717) is 0 Å². The van der Waals surface area contributed by atoms with E-state index < -0.39 is 27.8 Å². The van der Waals surface area contributed by atoms with Gasteiger partial charge >= 0.3 is 10.2 Å². The molecule has 2 rings (SSSR count). The van der Waals surface area contributed by atoms with E-state index in [9.17, 15) is 17.1 Å². The smallest absolute Gasteiger partial charge is 0.307 e. The van der Waals surface area contributed by atoms with Crippen LogP contribution in [0.3, 0.4) is 0 Å². The molecule has 1 aromatic rings. The summed E-state index contributed by atoms with van der Waals surface area (Å²) in [4.78, 5) is 16.3. The van der Waals surface area contributed by atoms with Crippen LogP contribution < -0.4 is 10.6 Å². The number of nitrogen functional groups attached to an aromatic ring is 1. The lowest BCUT2D eigenvalue weighted by Crippen LogP contribution is -2.28. The summed E-state index contributed by atoms with van der Waals surface area (Å²) < 4.78 is 35.4. The number of hydrogen-bond donors (Lipinski definition) is 1. The van der Waals surface area contributed by atoms with Crippen LogP contribution in [0.25, 0.3) is 0 Å². The summed E-state index contributed by atoms with van der Waals surface area (Å²) in [6, 6.07) is 0. The molecule has 10 heteroatoms. The monoisotopic (exact) mass is 263 g/mol. The Morgan fingerprint density at radius 2 is 2.18 bits per heavy atom. The Morgan fingerprint density at radius 1 is 1.53 bits per heavy atom. The maximum Gasteiger partial charge on any atom is 0.307 e. The maximum atomic E-state index is 12.8. The number of nitrogens with zero attached hydrogens (tertiary/aromatic N) is 4. The van der Waals surface area contributed by atoms with Gasteiger partial charge in [-0.05, 0) is 0 Å². The van der Waals surface area contributed by atoms with Crippen molar-refractivity contribution in [2.75, 3.05) is 17.2 Å². The number of nitrogens with two attached hydrogens (primary N) is 1. The molecule has 0 spiro atoms. The van der Waals surface area contributed by atoms with E-state index in [4.69, 9.17) is 5.73 Å². The summed E-state index contributed by atoms with van der Waals surface area (Å²) >= 11 is 0. The number of anilines is 2. The van der Waals surface area contributed by atoms with Crippen molar-refractivity contribution in [2.45, 2.75) is 11.7 Å². The highest BCUT2D eigenvalue weighted by atomic mass is 32.3. The Hall–Kier alpha value is -1.71. The van der Waals surface area contributed by atoms with Crippen LogP contribution in [0.15, 0.2) is 0 Å². The predicted octanol–water partition coefficient (Wildman–Crippen LogP) is -1.20. The van der Waals surface area contributed by atoms with E-state index in [1.165, 1.54) is 11.7 Å². The molecule has 8 nitrogen and oxygen atoms in total. The third-order valence-corrected chi connectivity index (χ3v) is 3.63. The van der Waals surface area contributed by atoms with Crippen LogP contribution in [0.1, 0.15) is 6.42 Å². The van der Waals surface area contributed by atoms with Gasteiger partial charge < -0.3 is 5.73 Å². The summed E-state index contributed by atoms with van der Waals surface area (Å²) in [7, 11) is -3.21. The molecule has 1 aromatic heterocycles. The van der Waals surface area contributed by atoms with Crippen molar-refractivity contribution >= 4 is 28.0 Å². The van der Waals surface area contributed by atoms with Gasteiger partial charge in [-0.15, -0.1) is 8.98 Å². The number of aryl methyl sites for hydroxylation is 1. The number of aromatic nitrogens is 3. The molecule has 0 radical (unpaired) electrons. The van der Waals surface area contributed by atoms with Gasteiger partial charge in [0.25, 0.3) is 5.95 Å². The summed E-state index contributed by atoms with van der Waals surface area (Å²) in [6.07, 6.45) is -0.406. The Bertz CT molecular complexity index is 549. The van der Waals surface area contributed by atoms with Gasteiger partial charge in [0.15, 0.2) is 0 Å². The minimum atomic E-state index is -4.74. The second-order valence-electron chi connectivity index (χ2n) is 3.70. The minimum absolute atomic E-state index is 0.0128. The molecule has 1 saturated heterocycles. The SMILES string of the molecule is Cn1nc(N2CC(S(=O)(=O)F)CC2=O)nc1N. The summed E-state index contributed by atoms with van der Waals surface area (Å²) in [5, 5.41) is 2.47. The van der Waals surface area contributed by atoms with E-state index >= 15 is 0 Å². The van der Waals surface area contributed by atoms with Gasteiger partial charge in [0.1, 0.15) is 5.25 Å². The lowest BCUT2D eigenvalue weighted by Gasteiger charge is -2.09. The lowest BCUT2D eigenvalue weighted by atomic mass is 10.4. The number of halogens is 1. The standard InChI is InChI=1S/C7H10FN5O3S/c1-12-6(9)10-7(11-12)13-3-4(2-5(13)14)17(8,15)16/h4H,2-3H2,1H3,(H2,9,10,11). The third kappa shape index (κ3) is 2.07. The van der Waals surface area contributed by atoms with Crippen LogP contribution in [0.4, 0.5) is 15.8 Å². The zero-order chi connectivity index (χ0) is 12.8. The molecule has 1 atom stereocenters. The van der Waals surface area contributed by atoms with Crippen molar-refractivity contribution < 1.29 is 17.1 Å². The van der Waals surface area contributed by atoms with Crippen molar-refractivity contribution in [3.8, 4) is 0 Å². The molecule has 0 saturated carbocycles. The summed E-state index contributed by atoms with van der Waals surface area (Å²) in [6.45, 7) is -0.291. The van der Waals surface area contributed by atoms with Gasteiger partial charge in [-0.1, -0.05) is 0 Å². The highest BCUT2D eigenvalue weighted by molar-refractivity contribution is 7.87. The Labute approximate surface area is 96.4 Å². The van der Waals surface area contributed by atoms with Gasteiger partial charge in [0.2, 0.25) is 11.9 Å². The van der Waals surface area contributed by atoms with Gasteiger partial charge in [-0.2, -0.15) is 13.4 Å². The molecule has 1 amide bonds. The van der Waals surface area contributed by atoms with E-state index in [2.05, 4.69) is 10.1 Å². The number of rotatable bonds is 2. The zero-order valence-corrected chi connectivity index (χ0v) is 9.69. The largest absolute Gasteiger partial charge is 0.368 e. The molecule has 0 bridgehead atoms. The van der Waals surface area contributed by atoms with Gasteiger partial charge in [0.05, 0.1) is 0 Å². The first-order valence-electron chi connectivity index (χ1n) is 4.69. The highest BCUT2D eigenvalue weighted by Gasteiger charge is 2.40. The minimum Gasteiger partial charge on any atom is -0.368 e. The van der Waals surface area contributed by atoms with Crippen molar-refractivity contribution in [3.05, 3.63) is 0 Å². The van der Waals surface area contributed by atoms with E-state index in [1.54, 1.807) is 0 Å². The highest BCUT2D eigenvalue weighted by Crippen LogP contribution is 2.23. The summed E-state index contributed by atoms with van der Waals surface area (Å²) in [5.74, 6) is -0.470. The first-order valence-corrected chi connectivity index (χ1v) is 6.14. The Kier molecular flexibility index (Phi) is 2.53. The fourth-order valence-electron chi connectivity index (χ4n) is 1.55. The van der Waals surface area contributed by atoms with E-state index in [-0.39, 0.29) is 18.4 Å². The average molecular weight is 263 g/mol. The molecule has 1 aliphatic rings. The number of hydrogen-bond acceptors (Lipinski definition) is 6. The third-order valence-electron chi connectivity index (χ3n) is 2.51. The maximum absolute atomic E-state index is 12.8. The van der Waals surface area contributed by atoms with Gasteiger partial charge in [-0.25, -0.2) is 4.68 Å². The van der Waals surface area contributed by atoms with Crippen LogP contribution in [-0.2, 0) is 22.1 Å². The van der Waals surface area contributed by atoms with Gasteiger partial charge in [0, 0.05) is 20.0 Å². The Morgan fingerprint density at radius 3 is 2.59 bits per heavy atom. The first kappa shape index (κ1) is 11.8.